The van der Waals surface area contributed by atoms with Gasteiger partial charge in [0.05, 0.1) is 30.6 Å². The Morgan fingerprint density at radius 3 is 2.54 bits per heavy atom. The zero-order valence-corrected chi connectivity index (χ0v) is 20.0. The Bertz CT molecular complexity index is 1130. The topological polar surface area (TPSA) is 84.6 Å². The summed E-state index contributed by atoms with van der Waals surface area (Å²) in [6.45, 7) is 6.80. The number of pyridine rings is 1. The standard InChI is InChI=1S/C25H29F2N5O3/c1-16(2)31-10-8-17(9-11-31)18-5-7-21(22(12-18)34-3)32(15-33)14-20-6-4-19(13-28-20)24-29-30-25(35-24)23(26)27/h4-7,12-13,15-17,23H,8-11,14H2,1-3H3. The number of aromatic nitrogens is 3. The predicted octanol–water partition coefficient (Wildman–Crippen LogP) is 4.83. The molecular formula is C25H29F2N5O3. The van der Waals surface area contributed by atoms with Crippen molar-refractivity contribution < 1.29 is 22.7 Å². The van der Waals surface area contributed by atoms with Crippen molar-refractivity contribution in [3.8, 4) is 17.2 Å². The number of piperidine rings is 1. The molecule has 10 heteroatoms. The highest BCUT2D eigenvalue weighted by Crippen LogP contribution is 2.36. The van der Waals surface area contributed by atoms with Crippen LogP contribution in [0.3, 0.4) is 0 Å². The van der Waals surface area contributed by atoms with Gasteiger partial charge in [-0.3, -0.25) is 9.78 Å². The normalized spacial score (nSPS) is 15.1. The minimum absolute atomic E-state index is 0.0388. The van der Waals surface area contributed by atoms with Crippen molar-refractivity contribution in [3.63, 3.8) is 0 Å². The van der Waals surface area contributed by atoms with Crippen LogP contribution in [0.25, 0.3) is 11.5 Å². The number of rotatable bonds is 9. The highest BCUT2D eigenvalue weighted by Gasteiger charge is 2.24. The van der Waals surface area contributed by atoms with Gasteiger partial charge in [-0.05, 0) is 75.5 Å². The Balaban J connectivity index is 1.47. The van der Waals surface area contributed by atoms with Crippen molar-refractivity contribution >= 4 is 12.1 Å². The Morgan fingerprint density at radius 2 is 1.97 bits per heavy atom. The van der Waals surface area contributed by atoms with Gasteiger partial charge in [0.1, 0.15) is 5.75 Å². The summed E-state index contributed by atoms with van der Waals surface area (Å²) in [7, 11) is 1.60. The number of halogens is 2. The van der Waals surface area contributed by atoms with Crippen molar-refractivity contribution in [1.82, 2.24) is 20.1 Å². The molecule has 0 saturated carbocycles. The van der Waals surface area contributed by atoms with Crippen LogP contribution in [0.1, 0.15) is 56.2 Å². The summed E-state index contributed by atoms with van der Waals surface area (Å²) in [4.78, 5) is 20.3. The fourth-order valence-corrected chi connectivity index (χ4v) is 4.37. The maximum Gasteiger partial charge on any atom is 0.314 e. The summed E-state index contributed by atoms with van der Waals surface area (Å²) in [6.07, 6.45) is 1.53. The number of carbonyl (C=O) groups is 1. The second-order valence-corrected chi connectivity index (χ2v) is 8.85. The molecule has 0 unspecified atom stereocenters. The van der Waals surface area contributed by atoms with Crippen LogP contribution in [0.4, 0.5) is 14.5 Å². The number of hydrogen-bond acceptors (Lipinski definition) is 7. The number of anilines is 1. The summed E-state index contributed by atoms with van der Waals surface area (Å²) in [6, 6.07) is 9.87. The largest absolute Gasteiger partial charge is 0.495 e. The molecule has 3 aromatic rings. The third kappa shape index (κ3) is 5.64. The van der Waals surface area contributed by atoms with Gasteiger partial charge in [-0.1, -0.05) is 6.07 Å². The fourth-order valence-electron chi connectivity index (χ4n) is 4.37. The minimum Gasteiger partial charge on any atom is -0.495 e. The van der Waals surface area contributed by atoms with Gasteiger partial charge >= 0.3 is 6.43 Å². The van der Waals surface area contributed by atoms with E-state index in [1.165, 1.54) is 16.7 Å². The van der Waals surface area contributed by atoms with E-state index in [2.05, 4.69) is 40.0 Å². The molecule has 1 saturated heterocycles. The van der Waals surface area contributed by atoms with E-state index < -0.39 is 12.3 Å². The molecule has 4 rings (SSSR count). The molecule has 0 aliphatic carbocycles. The lowest BCUT2D eigenvalue weighted by Gasteiger charge is -2.35. The number of nitrogens with zero attached hydrogens (tertiary/aromatic N) is 5. The van der Waals surface area contributed by atoms with Gasteiger partial charge in [-0.2, -0.15) is 8.78 Å². The van der Waals surface area contributed by atoms with Crippen LogP contribution in [0, 0.1) is 0 Å². The molecule has 3 heterocycles. The first-order chi connectivity index (χ1) is 16.9. The Kier molecular flexibility index (Phi) is 7.70. The molecule has 0 spiro atoms. The zero-order chi connectivity index (χ0) is 24.9. The number of carbonyl (C=O) groups excluding carboxylic acids is 1. The number of likely N-dealkylation sites (tertiary alicyclic amines) is 1. The lowest BCUT2D eigenvalue weighted by molar-refractivity contribution is -0.107. The third-order valence-corrected chi connectivity index (χ3v) is 6.40. The molecular weight excluding hydrogens is 456 g/mol. The van der Waals surface area contributed by atoms with Crippen LogP contribution in [-0.4, -0.2) is 52.7 Å². The highest BCUT2D eigenvalue weighted by molar-refractivity contribution is 5.79. The maximum atomic E-state index is 12.7. The van der Waals surface area contributed by atoms with Crippen molar-refractivity contribution in [2.45, 2.75) is 51.6 Å². The van der Waals surface area contributed by atoms with Crippen LogP contribution >= 0.6 is 0 Å². The first kappa shape index (κ1) is 24.7. The first-order valence-electron chi connectivity index (χ1n) is 11.6. The van der Waals surface area contributed by atoms with E-state index in [1.54, 1.807) is 19.2 Å². The van der Waals surface area contributed by atoms with E-state index in [4.69, 9.17) is 9.15 Å². The van der Waals surface area contributed by atoms with Crippen LogP contribution in [0.15, 0.2) is 40.9 Å². The smallest absolute Gasteiger partial charge is 0.314 e. The Morgan fingerprint density at radius 1 is 1.20 bits per heavy atom. The van der Waals surface area contributed by atoms with Gasteiger partial charge in [0.25, 0.3) is 5.89 Å². The van der Waals surface area contributed by atoms with E-state index in [9.17, 15) is 13.6 Å². The van der Waals surface area contributed by atoms with Crippen molar-refractivity contribution in [2.24, 2.45) is 0 Å². The number of methoxy groups -OCH3 is 1. The SMILES string of the molecule is COc1cc(C2CCN(C(C)C)CC2)ccc1N(C=O)Cc1ccc(-c2nnc(C(F)F)o2)cn1. The summed E-state index contributed by atoms with van der Waals surface area (Å²) >= 11 is 0. The van der Waals surface area contributed by atoms with E-state index in [1.807, 2.05) is 12.1 Å². The number of ether oxygens (including phenoxy) is 1. The van der Waals surface area contributed by atoms with E-state index >= 15 is 0 Å². The van der Waals surface area contributed by atoms with Crippen molar-refractivity contribution in [1.29, 1.82) is 0 Å². The second-order valence-electron chi connectivity index (χ2n) is 8.85. The average molecular weight is 486 g/mol. The van der Waals surface area contributed by atoms with Gasteiger partial charge in [-0.25, -0.2) is 0 Å². The molecule has 8 nitrogen and oxygen atoms in total. The van der Waals surface area contributed by atoms with Crippen LogP contribution in [0.5, 0.6) is 5.75 Å². The van der Waals surface area contributed by atoms with Gasteiger partial charge in [0, 0.05) is 12.2 Å². The molecule has 2 aromatic heterocycles. The van der Waals surface area contributed by atoms with Gasteiger partial charge in [0.15, 0.2) is 0 Å². The summed E-state index contributed by atoms with van der Waals surface area (Å²) < 4.78 is 35.9. The average Bonchev–Trinajstić information content (AvgIpc) is 3.38. The molecule has 186 valence electrons. The molecule has 35 heavy (non-hydrogen) atoms. The number of hydrogen-bond donors (Lipinski definition) is 0. The van der Waals surface area contributed by atoms with E-state index in [0.29, 0.717) is 34.7 Å². The van der Waals surface area contributed by atoms with Crippen LogP contribution in [0.2, 0.25) is 0 Å². The maximum absolute atomic E-state index is 12.7. The summed E-state index contributed by atoms with van der Waals surface area (Å²) in [5, 5.41) is 6.94. The number of benzene rings is 1. The Hall–Kier alpha value is -3.40. The second kappa shape index (κ2) is 10.9. The molecule has 1 fully saturated rings. The van der Waals surface area contributed by atoms with Gasteiger partial charge in [0.2, 0.25) is 12.3 Å². The lowest BCUT2D eigenvalue weighted by Crippen LogP contribution is -2.37. The zero-order valence-electron chi connectivity index (χ0n) is 20.0. The molecule has 0 N–H and O–H groups in total. The summed E-state index contributed by atoms with van der Waals surface area (Å²) in [5.74, 6) is 0.310. The minimum atomic E-state index is -2.83. The Labute approximate surface area is 202 Å². The first-order valence-corrected chi connectivity index (χ1v) is 11.6. The molecule has 1 aliphatic heterocycles. The van der Waals surface area contributed by atoms with Gasteiger partial charge in [-0.15, -0.1) is 10.2 Å². The molecule has 1 aliphatic rings. The number of alkyl halides is 2. The van der Waals surface area contributed by atoms with Gasteiger partial charge < -0.3 is 19.0 Å². The summed E-state index contributed by atoms with van der Waals surface area (Å²) in [5.41, 5.74) is 2.87. The molecule has 0 bridgehead atoms. The monoisotopic (exact) mass is 485 g/mol. The molecule has 1 amide bonds. The van der Waals surface area contributed by atoms with Crippen molar-refractivity contribution in [2.75, 3.05) is 25.1 Å². The van der Waals surface area contributed by atoms with Crippen molar-refractivity contribution in [3.05, 3.63) is 53.7 Å². The van der Waals surface area contributed by atoms with Crippen LogP contribution in [-0.2, 0) is 11.3 Å². The predicted molar refractivity (Wildman–Crippen MR) is 126 cm³/mol. The van der Waals surface area contributed by atoms with E-state index in [-0.39, 0.29) is 12.4 Å². The van der Waals surface area contributed by atoms with E-state index in [0.717, 1.165) is 32.3 Å². The van der Waals surface area contributed by atoms with Crippen LogP contribution < -0.4 is 9.64 Å². The third-order valence-electron chi connectivity index (χ3n) is 6.40. The molecule has 0 radical (unpaired) electrons. The lowest BCUT2D eigenvalue weighted by atomic mass is 9.88. The number of amides is 1. The quantitative estimate of drug-likeness (QED) is 0.402. The fraction of sp³-hybridized carbons (Fsp3) is 0.440. The molecule has 1 aromatic carbocycles. The molecule has 0 atom stereocenters. The highest BCUT2D eigenvalue weighted by atomic mass is 19.3.